The maximum absolute atomic E-state index is 5.63. The van der Waals surface area contributed by atoms with Gasteiger partial charge in [0, 0.05) is 38.2 Å². The summed E-state index contributed by atoms with van der Waals surface area (Å²) in [6, 6.07) is 2.50. The zero-order valence-corrected chi connectivity index (χ0v) is 13.9. The van der Waals surface area contributed by atoms with E-state index < -0.39 is 0 Å². The fourth-order valence-electron chi connectivity index (χ4n) is 3.48. The molecule has 2 aliphatic heterocycles. The molecule has 23 heavy (non-hydrogen) atoms. The summed E-state index contributed by atoms with van der Waals surface area (Å²) in [5.74, 6) is 1.53. The van der Waals surface area contributed by atoms with Crippen molar-refractivity contribution >= 4 is 27.4 Å². The van der Waals surface area contributed by atoms with E-state index in [9.17, 15) is 0 Å². The van der Waals surface area contributed by atoms with E-state index in [1.807, 2.05) is 6.07 Å². The molecule has 2 fully saturated rings. The quantitative estimate of drug-likeness (QED) is 0.900. The highest BCUT2D eigenvalue weighted by Crippen LogP contribution is 2.27. The van der Waals surface area contributed by atoms with Crippen LogP contribution in [0.15, 0.2) is 17.8 Å². The molecule has 0 unspecified atom stereocenters. The summed E-state index contributed by atoms with van der Waals surface area (Å²) in [6.07, 6.45) is 2.78. The monoisotopic (exact) mass is 334 g/mol. The van der Waals surface area contributed by atoms with Gasteiger partial charge in [-0.15, -0.1) is 11.3 Å². The van der Waals surface area contributed by atoms with E-state index in [-0.39, 0.29) is 0 Å². The molecule has 2 aromatic heterocycles. The van der Waals surface area contributed by atoms with Crippen LogP contribution in [0.25, 0.3) is 10.2 Å². The fourth-order valence-corrected chi connectivity index (χ4v) is 4.29. The van der Waals surface area contributed by atoms with Crippen LogP contribution in [0.1, 0.15) is 6.42 Å². The largest absolute Gasteiger partial charge is 0.381 e. The van der Waals surface area contributed by atoms with Crippen molar-refractivity contribution < 1.29 is 9.47 Å². The minimum absolute atomic E-state index is 0.464. The van der Waals surface area contributed by atoms with Crippen molar-refractivity contribution in [2.24, 2.45) is 5.92 Å². The van der Waals surface area contributed by atoms with Crippen LogP contribution in [0.5, 0.6) is 0 Å². The smallest absolute Gasteiger partial charge is 0.147 e. The average molecular weight is 334 g/mol. The maximum Gasteiger partial charge on any atom is 0.147 e. The molecular weight excluding hydrogens is 312 g/mol. The first-order valence-electron chi connectivity index (χ1n) is 8.23. The summed E-state index contributed by atoms with van der Waals surface area (Å²) < 4.78 is 12.3. The molecule has 124 valence electrons. The molecule has 2 aliphatic rings. The summed E-state index contributed by atoms with van der Waals surface area (Å²) in [7, 11) is 0. The number of hydrogen-bond donors (Lipinski definition) is 1. The second kappa shape index (κ2) is 7.09. The van der Waals surface area contributed by atoms with Crippen LogP contribution in [-0.2, 0) is 9.47 Å². The Morgan fingerprint density at radius 1 is 1.26 bits per heavy atom. The highest BCUT2D eigenvalue weighted by Gasteiger charge is 2.31. The van der Waals surface area contributed by atoms with Gasteiger partial charge in [-0.3, -0.25) is 4.90 Å². The van der Waals surface area contributed by atoms with Crippen molar-refractivity contribution in [1.82, 2.24) is 14.9 Å². The van der Waals surface area contributed by atoms with Crippen LogP contribution in [0, 0.1) is 5.92 Å². The summed E-state index contributed by atoms with van der Waals surface area (Å²) in [4.78, 5) is 11.3. The lowest BCUT2D eigenvalue weighted by molar-refractivity contribution is 0.00460. The van der Waals surface area contributed by atoms with E-state index in [0.717, 1.165) is 68.5 Å². The number of hydrogen-bond acceptors (Lipinski definition) is 7. The first-order valence-corrected chi connectivity index (χ1v) is 9.11. The van der Waals surface area contributed by atoms with E-state index in [1.54, 1.807) is 17.7 Å². The summed E-state index contributed by atoms with van der Waals surface area (Å²) >= 11 is 1.69. The van der Waals surface area contributed by atoms with Gasteiger partial charge in [0.2, 0.25) is 0 Å². The highest BCUT2D eigenvalue weighted by atomic mass is 32.1. The Bertz CT molecular complexity index is 638. The second-order valence-corrected chi connectivity index (χ2v) is 6.99. The van der Waals surface area contributed by atoms with Gasteiger partial charge in [-0.05, 0) is 17.9 Å². The third-order valence-electron chi connectivity index (χ3n) is 4.75. The number of anilines is 1. The molecule has 0 saturated carbocycles. The number of rotatable bonds is 5. The van der Waals surface area contributed by atoms with Crippen LogP contribution in [-0.4, -0.2) is 67.0 Å². The molecule has 6 nitrogen and oxygen atoms in total. The van der Waals surface area contributed by atoms with E-state index in [1.165, 1.54) is 0 Å². The van der Waals surface area contributed by atoms with Crippen molar-refractivity contribution in [3.8, 4) is 0 Å². The predicted molar refractivity (Wildman–Crippen MR) is 91.0 cm³/mol. The number of ether oxygens (including phenoxy) is 2. The number of fused-ring (bicyclic) bond motifs is 1. The van der Waals surface area contributed by atoms with Gasteiger partial charge in [0.15, 0.2) is 0 Å². The molecule has 0 amide bonds. The zero-order valence-electron chi connectivity index (χ0n) is 13.1. The molecule has 4 rings (SSSR count). The lowest BCUT2D eigenvalue weighted by Gasteiger charge is -2.37. The third-order valence-corrected chi connectivity index (χ3v) is 5.66. The average Bonchev–Trinajstić information content (AvgIpc) is 3.28. The number of aromatic nitrogens is 2. The van der Waals surface area contributed by atoms with Crippen molar-refractivity contribution in [2.75, 3.05) is 51.4 Å². The van der Waals surface area contributed by atoms with Crippen LogP contribution in [0.4, 0.5) is 5.82 Å². The minimum atomic E-state index is 0.464. The normalized spacial score (nSPS) is 24.1. The van der Waals surface area contributed by atoms with Crippen molar-refractivity contribution in [3.05, 3.63) is 17.8 Å². The molecule has 2 aromatic rings. The van der Waals surface area contributed by atoms with Crippen LogP contribution in [0.3, 0.4) is 0 Å². The molecular formula is C16H22N4O2S. The first-order chi connectivity index (χ1) is 11.4. The van der Waals surface area contributed by atoms with Gasteiger partial charge in [-0.1, -0.05) is 0 Å². The van der Waals surface area contributed by atoms with Gasteiger partial charge in [0.05, 0.1) is 30.0 Å². The van der Waals surface area contributed by atoms with Crippen molar-refractivity contribution in [1.29, 1.82) is 0 Å². The van der Waals surface area contributed by atoms with E-state index >= 15 is 0 Å². The standard InChI is InChI=1S/C16H22N4O2S/c1-5-22-10-12(1)14(20-3-6-21-7-4-20)9-17-16-15-13(2-8-23-15)18-11-19-16/h2,8,11-12,14H,1,3-7,9-10H2,(H,17,18,19)/t12-,14+/m1/s1. The van der Waals surface area contributed by atoms with E-state index in [4.69, 9.17) is 9.47 Å². The Hall–Kier alpha value is -1.28. The Kier molecular flexibility index (Phi) is 4.70. The molecule has 4 heterocycles. The van der Waals surface area contributed by atoms with Crippen LogP contribution >= 0.6 is 11.3 Å². The molecule has 0 aliphatic carbocycles. The molecule has 2 atom stereocenters. The summed E-state index contributed by atoms with van der Waals surface area (Å²) in [6.45, 7) is 6.29. The van der Waals surface area contributed by atoms with Crippen LogP contribution in [0.2, 0.25) is 0 Å². The number of morpholine rings is 1. The molecule has 0 radical (unpaired) electrons. The van der Waals surface area contributed by atoms with Gasteiger partial charge in [-0.25, -0.2) is 9.97 Å². The van der Waals surface area contributed by atoms with E-state index in [2.05, 4.69) is 25.6 Å². The van der Waals surface area contributed by atoms with Crippen molar-refractivity contribution in [3.63, 3.8) is 0 Å². The maximum atomic E-state index is 5.63. The molecule has 1 N–H and O–H groups in total. The molecule has 0 bridgehead atoms. The van der Waals surface area contributed by atoms with Gasteiger partial charge in [0.25, 0.3) is 0 Å². The number of nitrogens with zero attached hydrogens (tertiary/aromatic N) is 3. The van der Waals surface area contributed by atoms with Crippen LogP contribution < -0.4 is 5.32 Å². The molecule has 0 spiro atoms. The minimum Gasteiger partial charge on any atom is -0.381 e. The molecule has 0 aromatic carbocycles. The lowest BCUT2D eigenvalue weighted by Crippen LogP contribution is -2.50. The fraction of sp³-hybridized carbons (Fsp3) is 0.625. The zero-order chi connectivity index (χ0) is 15.5. The predicted octanol–water partition coefficient (Wildman–Crippen LogP) is 1.84. The Morgan fingerprint density at radius 2 is 2.17 bits per heavy atom. The van der Waals surface area contributed by atoms with Gasteiger partial charge in [-0.2, -0.15) is 0 Å². The molecule has 7 heteroatoms. The number of nitrogens with one attached hydrogen (secondary N) is 1. The summed E-state index contributed by atoms with van der Waals surface area (Å²) in [5, 5.41) is 5.63. The Morgan fingerprint density at radius 3 is 3.00 bits per heavy atom. The van der Waals surface area contributed by atoms with Gasteiger partial charge < -0.3 is 14.8 Å². The van der Waals surface area contributed by atoms with E-state index in [0.29, 0.717) is 12.0 Å². The van der Waals surface area contributed by atoms with Gasteiger partial charge in [0.1, 0.15) is 12.1 Å². The highest BCUT2D eigenvalue weighted by molar-refractivity contribution is 7.17. The van der Waals surface area contributed by atoms with Crippen molar-refractivity contribution in [2.45, 2.75) is 12.5 Å². The third kappa shape index (κ3) is 3.33. The SMILES string of the molecule is c1nc(NC[C@@H]([C@@H]2CCOC2)N2CCOCC2)c2sccc2n1. The topological polar surface area (TPSA) is 59.5 Å². The first kappa shape index (κ1) is 15.3. The summed E-state index contributed by atoms with van der Waals surface area (Å²) in [5.41, 5.74) is 1.01. The number of thiophene rings is 1. The molecule has 2 saturated heterocycles. The van der Waals surface area contributed by atoms with Gasteiger partial charge >= 0.3 is 0 Å². The second-order valence-electron chi connectivity index (χ2n) is 6.08. The Labute approximate surface area is 139 Å². The Balaban J connectivity index is 1.49. The lowest BCUT2D eigenvalue weighted by atomic mass is 9.97.